The van der Waals surface area contributed by atoms with E-state index in [1.165, 1.54) is 0 Å². The van der Waals surface area contributed by atoms with Crippen molar-refractivity contribution in [3.05, 3.63) is 104 Å². The summed E-state index contributed by atoms with van der Waals surface area (Å²) in [6, 6.07) is 18.2. The third-order valence-corrected chi connectivity index (χ3v) is 6.20. The Kier molecular flexibility index (Phi) is 4.63. The summed E-state index contributed by atoms with van der Waals surface area (Å²) in [5.41, 5.74) is 5.25. The molecule has 0 saturated carbocycles. The monoisotopic (exact) mass is 425 g/mol. The van der Waals surface area contributed by atoms with Gasteiger partial charge in [0.2, 0.25) is 5.76 Å². The van der Waals surface area contributed by atoms with E-state index in [1.54, 1.807) is 18.1 Å². The third kappa shape index (κ3) is 3.01. The Morgan fingerprint density at radius 3 is 2.47 bits per heavy atom. The number of hydrogen-bond acceptors (Lipinski definition) is 4. The van der Waals surface area contributed by atoms with Gasteiger partial charge in [-0.2, -0.15) is 0 Å². The van der Waals surface area contributed by atoms with Gasteiger partial charge >= 0.3 is 0 Å². The van der Waals surface area contributed by atoms with E-state index in [0.717, 1.165) is 27.9 Å². The van der Waals surface area contributed by atoms with Crippen molar-refractivity contribution in [2.24, 2.45) is 0 Å². The molecule has 5 nitrogen and oxygen atoms in total. The molecule has 0 spiro atoms. The maximum absolute atomic E-state index is 13.7. The largest absolute Gasteiger partial charge is 0.497 e. The number of ether oxygens (including phenoxy) is 1. The number of amides is 1. The van der Waals surface area contributed by atoms with Crippen LogP contribution in [0, 0.1) is 20.8 Å². The molecule has 1 aromatic heterocycles. The highest BCUT2D eigenvalue weighted by Gasteiger charge is 2.43. The molecule has 1 amide bonds. The lowest BCUT2D eigenvalue weighted by atomic mass is 9.97. The fourth-order valence-electron chi connectivity index (χ4n) is 4.36. The lowest BCUT2D eigenvalue weighted by Crippen LogP contribution is -2.29. The average molecular weight is 425 g/mol. The van der Waals surface area contributed by atoms with Crippen molar-refractivity contribution in [2.75, 3.05) is 12.0 Å². The number of anilines is 1. The first kappa shape index (κ1) is 20.1. The average Bonchev–Trinajstić information content (AvgIpc) is 3.09. The summed E-state index contributed by atoms with van der Waals surface area (Å²) in [5.74, 6) is 0.428. The van der Waals surface area contributed by atoms with Crippen molar-refractivity contribution in [3.63, 3.8) is 0 Å². The molecule has 0 bridgehead atoms. The maximum Gasteiger partial charge on any atom is 0.295 e. The van der Waals surface area contributed by atoms with Crippen LogP contribution in [0.2, 0.25) is 0 Å². The smallest absolute Gasteiger partial charge is 0.295 e. The van der Waals surface area contributed by atoms with Crippen molar-refractivity contribution >= 4 is 22.6 Å². The number of carbonyl (C=O) groups is 1. The summed E-state index contributed by atoms with van der Waals surface area (Å²) in [6.45, 7) is 5.96. The minimum absolute atomic E-state index is 0.0948. The fraction of sp³-hybridized carbons (Fsp3) is 0.185. The Bertz CT molecular complexity index is 1450. The molecule has 1 aliphatic rings. The van der Waals surface area contributed by atoms with Crippen molar-refractivity contribution in [2.45, 2.75) is 26.8 Å². The van der Waals surface area contributed by atoms with Crippen LogP contribution in [-0.2, 0) is 0 Å². The van der Waals surface area contributed by atoms with Gasteiger partial charge in [0.25, 0.3) is 5.91 Å². The van der Waals surface area contributed by atoms with Gasteiger partial charge in [0.15, 0.2) is 5.43 Å². The molecule has 2 heterocycles. The number of benzene rings is 3. The van der Waals surface area contributed by atoms with E-state index >= 15 is 0 Å². The number of aryl methyl sites for hydroxylation is 3. The summed E-state index contributed by atoms with van der Waals surface area (Å²) in [6.07, 6.45) is 0. The molecule has 0 N–H and O–H groups in total. The van der Waals surface area contributed by atoms with Crippen molar-refractivity contribution in [1.29, 1.82) is 0 Å². The van der Waals surface area contributed by atoms with Gasteiger partial charge in [-0.25, -0.2) is 0 Å². The number of rotatable bonds is 3. The minimum atomic E-state index is -0.615. The first-order valence-corrected chi connectivity index (χ1v) is 10.5. The van der Waals surface area contributed by atoms with Gasteiger partial charge in [0.05, 0.1) is 24.1 Å². The van der Waals surface area contributed by atoms with Crippen LogP contribution < -0.4 is 15.1 Å². The van der Waals surface area contributed by atoms with Gasteiger partial charge in [-0.05, 0) is 73.9 Å². The lowest BCUT2D eigenvalue weighted by molar-refractivity contribution is 0.0971. The predicted octanol–water partition coefficient (Wildman–Crippen LogP) is 5.48. The van der Waals surface area contributed by atoms with Gasteiger partial charge < -0.3 is 9.15 Å². The highest BCUT2D eigenvalue weighted by molar-refractivity contribution is 6.10. The first-order valence-electron chi connectivity index (χ1n) is 10.5. The maximum atomic E-state index is 13.7. The number of hydrogen-bond donors (Lipinski definition) is 0. The Hall–Kier alpha value is -3.86. The van der Waals surface area contributed by atoms with E-state index in [9.17, 15) is 9.59 Å². The van der Waals surface area contributed by atoms with Crippen LogP contribution in [0.1, 0.15) is 44.4 Å². The molecule has 5 rings (SSSR count). The highest BCUT2D eigenvalue weighted by atomic mass is 16.5. The van der Waals surface area contributed by atoms with E-state index in [-0.39, 0.29) is 17.1 Å². The summed E-state index contributed by atoms with van der Waals surface area (Å²) in [5, 5.41) is 0.478. The fourth-order valence-corrected chi connectivity index (χ4v) is 4.36. The molecule has 160 valence electrons. The van der Waals surface area contributed by atoms with E-state index in [1.807, 2.05) is 75.4 Å². The molecule has 0 fully saturated rings. The van der Waals surface area contributed by atoms with Crippen LogP contribution in [0.15, 0.2) is 69.9 Å². The van der Waals surface area contributed by atoms with Crippen LogP contribution in [0.4, 0.5) is 5.69 Å². The van der Waals surface area contributed by atoms with Crippen LogP contribution in [0.25, 0.3) is 11.0 Å². The van der Waals surface area contributed by atoms with E-state index < -0.39 is 6.04 Å². The summed E-state index contributed by atoms with van der Waals surface area (Å²) in [7, 11) is 1.60. The number of carbonyl (C=O) groups excluding carboxylic acids is 1. The molecule has 0 radical (unpaired) electrons. The van der Waals surface area contributed by atoms with E-state index in [0.29, 0.717) is 22.3 Å². The molecule has 32 heavy (non-hydrogen) atoms. The standard InChI is InChI=1S/C27H23NO4/c1-15-8-11-22-21(12-15)25(29)23-24(18-6-5-7-20(14-18)31-4)28(27(30)26(23)32-22)19-10-9-16(2)17(3)13-19/h5-14,24H,1-4H3. The molecule has 5 heteroatoms. The quantitative estimate of drug-likeness (QED) is 0.436. The Labute approximate surface area is 185 Å². The molecule has 1 atom stereocenters. The van der Waals surface area contributed by atoms with Crippen molar-refractivity contribution in [1.82, 2.24) is 0 Å². The van der Waals surface area contributed by atoms with E-state index in [4.69, 9.17) is 9.15 Å². The molecule has 1 unspecified atom stereocenters. The van der Waals surface area contributed by atoms with E-state index in [2.05, 4.69) is 0 Å². The number of fused-ring (bicyclic) bond motifs is 2. The lowest BCUT2D eigenvalue weighted by Gasteiger charge is -2.26. The molecule has 3 aromatic carbocycles. The van der Waals surface area contributed by atoms with Crippen molar-refractivity contribution < 1.29 is 13.9 Å². The first-order chi connectivity index (χ1) is 15.4. The van der Waals surface area contributed by atoms with Crippen LogP contribution in [-0.4, -0.2) is 13.0 Å². The van der Waals surface area contributed by atoms with Crippen LogP contribution in [0.3, 0.4) is 0 Å². The summed E-state index contributed by atoms with van der Waals surface area (Å²) in [4.78, 5) is 29.0. The zero-order valence-electron chi connectivity index (χ0n) is 18.4. The van der Waals surface area contributed by atoms with Gasteiger partial charge in [0.1, 0.15) is 11.3 Å². The SMILES string of the molecule is COc1cccc(C2c3c(oc4ccc(C)cc4c3=O)C(=O)N2c2ccc(C)c(C)c2)c1. The second kappa shape index (κ2) is 7.38. The van der Waals surface area contributed by atoms with Gasteiger partial charge in [-0.1, -0.05) is 29.8 Å². The predicted molar refractivity (Wildman–Crippen MR) is 125 cm³/mol. The van der Waals surface area contributed by atoms with Crippen LogP contribution in [0.5, 0.6) is 5.75 Å². The summed E-state index contributed by atoms with van der Waals surface area (Å²) >= 11 is 0. The Morgan fingerprint density at radius 1 is 0.906 bits per heavy atom. The van der Waals surface area contributed by atoms with Crippen LogP contribution >= 0.6 is 0 Å². The molecular weight excluding hydrogens is 402 g/mol. The topological polar surface area (TPSA) is 59.8 Å². The molecular formula is C27H23NO4. The third-order valence-electron chi connectivity index (χ3n) is 6.20. The molecule has 0 aliphatic carbocycles. The second-order valence-electron chi connectivity index (χ2n) is 8.30. The van der Waals surface area contributed by atoms with Crippen molar-refractivity contribution in [3.8, 4) is 5.75 Å². The molecule has 0 saturated heterocycles. The second-order valence-corrected chi connectivity index (χ2v) is 8.30. The zero-order valence-corrected chi connectivity index (χ0v) is 18.4. The molecule has 1 aliphatic heterocycles. The number of nitrogens with zero attached hydrogens (tertiary/aromatic N) is 1. The highest BCUT2D eigenvalue weighted by Crippen LogP contribution is 2.42. The Balaban J connectivity index is 1.82. The zero-order chi connectivity index (χ0) is 22.6. The summed E-state index contributed by atoms with van der Waals surface area (Å²) < 4.78 is 11.5. The van der Waals surface area contributed by atoms with Gasteiger partial charge in [-0.15, -0.1) is 0 Å². The van der Waals surface area contributed by atoms with Gasteiger partial charge in [0, 0.05) is 5.69 Å². The van der Waals surface area contributed by atoms with Gasteiger partial charge in [-0.3, -0.25) is 14.5 Å². The normalized spacial score (nSPS) is 15.3. The molecule has 4 aromatic rings. The Morgan fingerprint density at radius 2 is 1.72 bits per heavy atom. The number of methoxy groups -OCH3 is 1. The minimum Gasteiger partial charge on any atom is -0.497 e.